The fraction of sp³-hybridized carbons (Fsp3) is 0.143. The topological polar surface area (TPSA) is 25.8 Å². The molecule has 1 aromatic carbocycles. The van der Waals surface area contributed by atoms with Crippen LogP contribution in [0.5, 0.6) is 0 Å². The second-order valence-electron chi connectivity index (χ2n) is 4.63. The molecule has 0 unspecified atom stereocenters. The van der Waals surface area contributed by atoms with Gasteiger partial charge in [0.2, 0.25) is 0 Å². The van der Waals surface area contributed by atoms with Gasteiger partial charge in [-0.2, -0.15) is 0 Å². The summed E-state index contributed by atoms with van der Waals surface area (Å²) in [4.78, 5) is 9.35. The van der Waals surface area contributed by atoms with Crippen LogP contribution in [0.1, 0.15) is 11.4 Å². The summed E-state index contributed by atoms with van der Waals surface area (Å²) in [6.45, 7) is 0. The third-order valence-electron chi connectivity index (χ3n) is 3.08. The molecule has 114 valence electrons. The number of hydrogen-bond acceptors (Lipinski definition) is 2. The van der Waals surface area contributed by atoms with E-state index in [0.29, 0.717) is 0 Å². The lowest BCUT2D eigenvalue weighted by atomic mass is 10.1. The van der Waals surface area contributed by atoms with Gasteiger partial charge in [-0.1, -0.05) is 108 Å². The lowest BCUT2D eigenvalue weighted by molar-refractivity contribution is 1.18. The minimum atomic E-state index is -0.526. The predicted molar refractivity (Wildman–Crippen MR) is 114 cm³/mol. The molecule has 0 atom stereocenters. The fourth-order valence-corrected chi connectivity index (χ4v) is 3.38. The Bertz CT molecular complexity index is 798. The zero-order chi connectivity index (χ0) is 16.1. The summed E-state index contributed by atoms with van der Waals surface area (Å²) in [5.41, 5.74) is 3.46. The summed E-state index contributed by atoms with van der Waals surface area (Å²) in [6, 6.07) is 12.1. The van der Waals surface area contributed by atoms with Gasteiger partial charge in [0.05, 0.1) is 22.4 Å². The van der Waals surface area contributed by atoms with E-state index in [4.69, 9.17) is 0 Å². The van der Waals surface area contributed by atoms with Gasteiger partial charge >= 0.3 is 0 Å². The van der Waals surface area contributed by atoms with Crippen molar-refractivity contribution in [2.24, 2.45) is 0 Å². The number of alkyl halides is 6. The Hall–Kier alpha value is 0.920. The SMILES string of the molecule is BrC(Br)(Br)c1ccc2cc3ccc(C(Br)(Br)Br)nc3cc2n1. The molecule has 0 bridgehead atoms. The van der Waals surface area contributed by atoms with E-state index in [9.17, 15) is 0 Å². The van der Waals surface area contributed by atoms with Gasteiger partial charge < -0.3 is 0 Å². The summed E-state index contributed by atoms with van der Waals surface area (Å²) in [7, 11) is 0. The van der Waals surface area contributed by atoms with Gasteiger partial charge in [-0.15, -0.1) is 0 Å². The molecule has 0 aliphatic carbocycles. The second kappa shape index (κ2) is 6.33. The highest BCUT2D eigenvalue weighted by molar-refractivity contribution is 9.39. The Morgan fingerprint density at radius 3 is 1.36 bits per heavy atom. The first-order valence-corrected chi connectivity index (χ1v) is 10.8. The number of halogens is 6. The van der Waals surface area contributed by atoms with Crippen LogP contribution < -0.4 is 0 Å². The molecule has 0 aliphatic heterocycles. The van der Waals surface area contributed by atoms with Crippen LogP contribution in [0.25, 0.3) is 21.8 Å². The van der Waals surface area contributed by atoms with Gasteiger partial charge in [-0.25, -0.2) is 9.97 Å². The summed E-state index contributed by atoms with van der Waals surface area (Å²) < 4.78 is -1.05. The molecule has 2 aromatic heterocycles. The molecule has 2 heterocycles. The summed E-state index contributed by atoms with van der Waals surface area (Å²) in [5, 5.41) is 2.15. The average Bonchev–Trinajstić information content (AvgIpc) is 2.41. The van der Waals surface area contributed by atoms with E-state index in [0.717, 1.165) is 33.2 Å². The predicted octanol–water partition coefficient (Wildman–Crippen LogP) is 7.37. The minimum Gasteiger partial charge on any atom is -0.249 e. The van der Waals surface area contributed by atoms with E-state index in [-0.39, 0.29) is 0 Å². The van der Waals surface area contributed by atoms with Crippen LogP contribution in [0, 0.1) is 0 Å². The lowest BCUT2D eigenvalue weighted by Gasteiger charge is -2.14. The maximum atomic E-state index is 4.67. The van der Waals surface area contributed by atoms with Gasteiger partial charge in [0, 0.05) is 10.8 Å². The molecular formula is C14H6Br6N2. The van der Waals surface area contributed by atoms with Gasteiger partial charge in [-0.3, -0.25) is 0 Å². The van der Waals surface area contributed by atoms with Crippen LogP contribution in [0.15, 0.2) is 36.4 Å². The molecule has 2 nitrogen and oxygen atoms in total. The van der Waals surface area contributed by atoms with Crippen molar-refractivity contribution in [1.29, 1.82) is 0 Å². The molecule has 22 heavy (non-hydrogen) atoms. The Morgan fingerprint density at radius 2 is 1.00 bits per heavy atom. The van der Waals surface area contributed by atoms with Crippen molar-refractivity contribution in [3.63, 3.8) is 0 Å². The van der Waals surface area contributed by atoms with Crippen LogP contribution in [0.2, 0.25) is 0 Å². The molecule has 0 spiro atoms. The van der Waals surface area contributed by atoms with Crippen molar-refractivity contribution in [3.8, 4) is 0 Å². The molecular weight excluding hydrogens is 676 g/mol. The fourth-order valence-electron chi connectivity index (χ4n) is 2.06. The maximum absolute atomic E-state index is 4.67. The number of pyridine rings is 2. The number of nitrogens with zero attached hydrogens (tertiary/aromatic N) is 2. The quantitative estimate of drug-likeness (QED) is 0.183. The van der Waals surface area contributed by atoms with E-state index in [1.165, 1.54) is 0 Å². The van der Waals surface area contributed by atoms with Crippen LogP contribution in [0.3, 0.4) is 0 Å². The van der Waals surface area contributed by atoms with E-state index >= 15 is 0 Å². The summed E-state index contributed by atoms with van der Waals surface area (Å²) in [6.07, 6.45) is 0. The minimum absolute atomic E-state index is 0.526. The first-order chi connectivity index (χ1) is 10.1. The van der Waals surface area contributed by atoms with Crippen molar-refractivity contribution in [3.05, 3.63) is 47.8 Å². The molecule has 0 N–H and O–H groups in total. The smallest absolute Gasteiger partial charge is 0.176 e. The Kier molecular flexibility index (Phi) is 5.10. The van der Waals surface area contributed by atoms with Gasteiger partial charge in [0.1, 0.15) is 0 Å². The largest absolute Gasteiger partial charge is 0.249 e. The average molecular weight is 682 g/mol. The number of benzene rings is 1. The number of rotatable bonds is 0. The Morgan fingerprint density at radius 1 is 0.591 bits per heavy atom. The Labute approximate surface area is 177 Å². The van der Waals surface area contributed by atoms with Crippen LogP contribution >= 0.6 is 95.6 Å². The Balaban J connectivity index is 2.24. The molecule has 0 fully saturated rings. The van der Waals surface area contributed by atoms with Crippen LogP contribution in [-0.2, 0) is 4.29 Å². The molecule has 0 radical (unpaired) electrons. The first-order valence-electron chi connectivity index (χ1n) is 6.00. The van der Waals surface area contributed by atoms with Crippen molar-refractivity contribution >= 4 is 117 Å². The molecule has 3 aromatic rings. The standard InChI is InChI=1S/C14H6Br6N2/c15-13(16,17)11-3-1-7-5-8-2-4-12(14(18,19)20)22-10(8)6-9(7)21-11/h1-6H. The third kappa shape index (κ3) is 3.77. The monoisotopic (exact) mass is 676 g/mol. The highest BCUT2D eigenvalue weighted by atomic mass is 80.0. The summed E-state index contributed by atoms with van der Waals surface area (Å²) in [5.74, 6) is 0. The number of fused-ring (bicyclic) bond motifs is 2. The highest BCUT2D eigenvalue weighted by Gasteiger charge is 2.24. The maximum Gasteiger partial charge on any atom is 0.176 e. The van der Waals surface area contributed by atoms with Gasteiger partial charge in [0.15, 0.2) is 4.29 Å². The van der Waals surface area contributed by atoms with Crippen molar-refractivity contribution in [2.45, 2.75) is 4.29 Å². The van der Waals surface area contributed by atoms with Crippen molar-refractivity contribution in [2.75, 3.05) is 0 Å². The van der Waals surface area contributed by atoms with Gasteiger partial charge in [0.25, 0.3) is 0 Å². The molecule has 0 aliphatic rings. The second-order valence-corrected chi connectivity index (χ2v) is 18.1. The molecule has 3 rings (SSSR count). The zero-order valence-electron chi connectivity index (χ0n) is 10.6. The molecule has 8 heteroatoms. The normalized spacial score (nSPS) is 13.0. The van der Waals surface area contributed by atoms with Crippen molar-refractivity contribution < 1.29 is 0 Å². The lowest BCUT2D eigenvalue weighted by Crippen LogP contribution is -2.02. The molecule has 0 saturated heterocycles. The van der Waals surface area contributed by atoms with E-state index in [1.54, 1.807) is 0 Å². The van der Waals surface area contributed by atoms with Crippen molar-refractivity contribution in [1.82, 2.24) is 9.97 Å². The zero-order valence-corrected chi connectivity index (χ0v) is 20.1. The van der Waals surface area contributed by atoms with Gasteiger partial charge in [-0.05, 0) is 24.3 Å². The van der Waals surface area contributed by atoms with Crippen LogP contribution in [-0.4, -0.2) is 9.97 Å². The third-order valence-corrected chi connectivity index (χ3v) is 5.52. The van der Waals surface area contributed by atoms with E-state index < -0.39 is 4.29 Å². The number of hydrogen-bond donors (Lipinski definition) is 0. The highest BCUT2D eigenvalue weighted by Crippen LogP contribution is 2.45. The molecule has 0 amide bonds. The summed E-state index contributed by atoms with van der Waals surface area (Å²) >= 11 is 21.0. The van der Waals surface area contributed by atoms with E-state index in [2.05, 4.69) is 112 Å². The van der Waals surface area contributed by atoms with E-state index in [1.807, 2.05) is 30.3 Å². The molecule has 0 saturated carbocycles. The van der Waals surface area contributed by atoms with Crippen LogP contribution in [0.4, 0.5) is 0 Å². The first kappa shape index (κ1) is 17.7. The number of aromatic nitrogens is 2.